The maximum atomic E-state index is 9.08. The summed E-state index contributed by atoms with van der Waals surface area (Å²) in [6, 6.07) is 0. The Morgan fingerprint density at radius 3 is 3.27 bits per heavy atom. The number of fused-ring (bicyclic) bond motifs is 1. The highest BCUT2D eigenvalue weighted by atomic mass is 16.3. The van der Waals surface area contributed by atoms with E-state index < -0.39 is 0 Å². The molecule has 1 saturated heterocycles. The molecule has 0 aromatic rings. The van der Waals surface area contributed by atoms with E-state index in [0.717, 1.165) is 6.54 Å². The van der Waals surface area contributed by atoms with Gasteiger partial charge in [0.05, 0.1) is 6.61 Å². The van der Waals surface area contributed by atoms with E-state index in [2.05, 4.69) is 17.9 Å². The number of aliphatic hydroxyl groups is 1. The summed E-state index contributed by atoms with van der Waals surface area (Å²) >= 11 is 0. The molecular formula is C9H15NO. The normalized spacial score (nSPS) is 37.5. The van der Waals surface area contributed by atoms with E-state index in [0.29, 0.717) is 0 Å². The standard InChI is InChI=1S/C9H15NO/c1-9-4-2-5-10(9)6-3-8(9)7-11/h3,11H,2,4-7H2,1H3. The van der Waals surface area contributed by atoms with Crippen molar-refractivity contribution in [1.82, 2.24) is 4.90 Å². The van der Waals surface area contributed by atoms with Gasteiger partial charge in [-0.2, -0.15) is 0 Å². The van der Waals surface area contributed by atoms with Gasteiger partial charge in [0.2, 0.25) is 0 Å². The Balaban J connectivity index is 2.25. The molecule has 0 saturated carbocycles. The third-order valence-corrected chi connectivity index (χ3v) is 3.21. The lowest BCUT2D eigenvalue weighted by Crippen LogP contribution is -2.38. The first kappa shape index (κ1) is 7.32. The molecule has 0 radical (unpaired) electrons. The summed E-state index contributed by atoms with van der Waals surface area (Å²) in [5.41, 5.74) is 1.45. The quantitative estimate of drug-likeness (QED) is 0.562. The molecule has 1 unspecified atom stereocenters. The van der Waals surface area contributed by atoms with Crippen molar-refractivity contribution in [3.05, 3.63) is 11.6 Å². The van der Waals surface area contributed by atoms with E-state index in [9.17, 15) is 0 Å². The Morgan fingerprint density at radius 1 is 1.73 bits per heavy atom. The van der Waals surface area contributed by atoms with Crippen LogP contribution in [0, 0.1) is 0 Å². The second-order valence-corrected chi connectivity index (χ2v) is 3.71. The highest BCUT2D eigenvalue weighted by molar-refractivity contribution is 5.27. The molecule has 0 aromatic heterocycles. The molecule has 1 atom stereocenters. The van der Waals surface area contributed by atoms with Crippen molar-refractivity contribution in [2.75, 3.05) is 19.7 Å². The van der Waals surface area contributed by atoms with Gasteiger partial charge in [-0.15, -0.1) is 0 Å². The van der Waals surface area contributed by atoms with Crippen LogP contribution in [0.5, 0.6) is 0 Å². The zero-order chi connectivity index (χ0) is 7.90. The van der Waals surface area contributed by atoms with Crippen LogP contribution in [-0.4, -0.2) is 35.2 Å². The van der Waals surface area contributed by atoms with Crippen LogP contribution in [0.2, 0.25) is 0 Å². The highest BCUT2D eigenvalue weighted by Gasteiger charge is 2.41. The molecule has 0 amide bonds. The molecule has 2 aliphatic heterocycles. The van der Waals surface area contributed by atoms with Crippen molar-refractivity contribution < 1.29 is 5.11 Å². The van der Waals surface area contributed by atoms with Gasteiger partial charge in [-0.3, -0.25) is 4.90 Å². The lowest BCUT2D eigenvalue weighted by Gasteiger charge is -2.30. The number of hydrogen-bond donors (Lipinski definition) is 1. The summed E-state index contributed by atoms with van der Waals surface area (Å²) in [6.07, 6.45) is 4.69. The third-order valence-electron chi connectivity index (χ3n) is 3.21. The average molecular weight is 153 g/mol. The predicted molar refractivity (Wildman–Crippen MR) is 44.4 cm³/mol. The maximum Gasteiger partial charge on any atom is 0.0660 e. The Labute approximate surface area is 67.5 Å². The van der Waals surface area contributed by atoms with E-state index in [1.165, 1.54) is 25.0 Å². The lowest BCUT2D eigenvalue weighted by atomic mass is 9.92. The minimum Gasteiger partial charge on any atom is -0.392 e. The Bertz CT molecular complexity index is 200. The minimum atomic E-state index is 0.217. The molecule has 0 spiro atoms. The first-order chi connectivity index (χ1) is 5.27. The molecule has 1 fully saturated rings. The van der Waals surface area contributed by atoms with Crippen LogP contribution >= 0.6 is 0 Å². The van der Waals surface area contributed by atoms with Crippen molar-refractivity contribution in [2.24, 2.45) is 0 Å². The topological polar surface area (TPSA) is 23.5 Å². The summed E-state index contributed by atoms with van der Waals surface area (Å²) in [5, 5.41) is 9.08. The zero-order valence-electron chi connectivity index (χ0n) is 7.01. The molecule has 0 bridgehead atoms. The third kappa shape index (κ3) is 0.861. The summed E-state index contributed by atoms with van der Waals surface area (Å²) < 4.78 is 0. The fourth-order valence-corrected chi connectivity index (χ4v) is 2.35. The Hall–Kier alpha value is -0.340. The first-order valence-corrected chi connectivity index (χ1v) is 4.33. The highest BCUT2D eigenvalue weighted by Crippen LogP contribution is 2.38. The number of rotatable bonds is 1. The van der Waals surface area contributed by atoms with Crippen molar-refractivity contribution in [3.8, 4) is 0 Å². The molecule has 0 aromatic carbocycles. The fraction of sp³-hybridized carbons (Fsp3) is 0.778. The van der Waals surface area contributed by atoms with Crippen molar-refractivity contribution in [2.45, 2.75) is 25.3 Å². The summed E-state index contributed by atoms with van der Waals surface area (Å²) in [7, 11) is 0. The second-order valence-electron chi connectivity index (χ2n) is 3.71. The van der Waals surface area contributed by atoms with Gasteiger partial charge in [0.25, 0.3) is 0 Å². The van der Waals surface area contributed by atoms with Gasteiger partial charge in [-0.05, 0) is 31.9 Å². The second kappa shape index (κ2) is 2.32. The van der Waals surface area contributed by atoms with Crippen LogP contribution in [0.1, 0.15) is 19.8 Å². The lowest BCUT2D eigenvalue weighted by molar-refractivity contribution is 0.211. The van der Waals surface area contributed by atoms with Crippen LogP contribution in [0.3, 0.4) is 0 Å². The van der Waals surface area contributed by atoms with Crippen LogP contribution in [0.25, 0.3) is 0 Å². The molecule has 2 nitrogen and oxygen atoms in total. The largest absolute Gasteiger partial charge is 0.392 e. The van der Waals surface area contributed by atoms with Gasteiger partial charge >= 0.3 is 0 Å². The van der Waals surface area contributed by atoms with Crippen LogP contribution in [-0.2, 0) is 0 Å². The molecule has 0 aliphatic carbocycles. The minimum absolute atomic E-state index is 0.217. The average Bonchev–Trinajstić information content (AvgIpc) is 2.44. The molecular weight excluding hydrogens is 138 g/mol. The van der Waals surface area contributed by atoms with Crippen molar-refractivity contribution in [1.29, 1.82) is 0 Å². The first-order valence-electron chi connectivity index (χ1n) is 4.33. The van der Waals surface area contributed by atoms with Crippen LogP contribution in [0.4, 0.5) is 0 Å². The zero-order valence-corrected chi connectivity index (χ0v) is 7.01. The van der Waals surface area contributed by atoms with Gasteiger partial charge in [-0.1, -0.05) is 6.08 Å². The number of nitrogens with zero attached hydrogens (tertiary/aromatic N) is 1. The van der Waals surface area contributed by atoms with E-state index in [4.69, 9.17) is 5.11 Å². The fourth-order valence-electron chi connectivity index (χ4n) is 2.35. The summed E-state index contributed by atoms with van der Waals surface area (Å²) in [5.74, 6) is 0. The SMILES string of the molecule is CC12CCCN1CC=C2CO. The molecule has 2 heteroatoms. The van der Waals surface area contributed by atoms with E-state index in [1.807, 2.05) is 0 Å². The molecule has 11 heavy (non-hydrogen) atoms. The maximum absolute atomic E-state index is 9.08. The van der Waals surface area contributed by atoms with E-state index in [1.54, 1.807) is 0 Å². The Kier molecular flexibility index (Phi) is 1.55. The smallest absolute Gasteiger partial charge is 0.0660 e. The predicted octanol–water partition coefficient (Wildman–Crippen LogP) is 0.773. The molecule has 2 heterocycles. The van der Waals surface area contributed by atoms with E-state index in [-0.39, 0.29) is 12.1 Å². The van der Waals surface area contributed by atoms with Crippen molar-refractivity contribution in [3.63, 3.8) is 0 Å². The Morgan fingerprint density at radius 2 is 2.55 bits per heavy atom. The number of aliphatic hydroxyl groups excluding tert-OH is 1. The molecule has 1 N–H and O–H groups in total. The molecule has 2 rings (SSSR count). The monoisotopic (exact) mass is 153 g/mol. The summed E-state index contributed by atoms with van der Waals surface area (Å²) in [4.78, 5) is 2.46. The summed E-state index contributed by atoms with van der Waals surface area (Å²) in [6.45, 7) is 4.74. The van der Waals surface area contributed by atoms with Crippen LogP contribution in [0.15, 0.2) is 11.6 Å². The van der Waals surface area contributed by atoms with Gasteiger partial charge in [0.1, 0.15) is 0 Å². The molecule has 2 aliphatic rings. The van der Waals surface area contributed by atoms with Gasteiger partial charge in [0, 0.05) is 12.1 Å². The van der Waals surface area contributed by atoms with E-state index >= 15 is 0 Å². The van der Waals surface area contributed by atoms with Gasteiger partial charge < -0.3 is 5.11 Å². The van der Waals surface area contributed by atoms with Gasteiger partial charge in [0.15, 0.2) is 0 Å². The molecule has 62 valence electrons. The van der Waals surface area contributed by atoms with Crippen molar-refractivity contribution >= 4 is 0 Å². The van der Waals surface area contributed by atoms with Gasteiger partial charge in [-0.25, -0.2) is 0 Å². The number of hydrogen-bond acceptors (Lipinski definition) is 2. The van der Waals surface area contributed by atoms with Crippen LogP contribution < -0.4 is 0 Å².